The molecule has 132 valence electrons. The number of hydrogen-bond acceptors (Lipinski definition) is 8. The first kappa shape index (κ1) is 19.3. The van der Waals surface area contributed by atoms with Crippen LogP contribution in [0.15, 0.2) is 9.79 Å². The SMILES string of the molecule is O=C(O)c1c(O)c(S(=O)(=O)O)c(S(=O)(=O)O)c(C(=O)O)c1C(=O)O. The smallest absolute Gasteiger partial charge is 0.340 e. The maximum atomic E-state index is 11.3. The van der Waals surface area contributed by atoms with Crippen LogP contribution >= 0.6 is 0 Å². The van der Waals surface area contributed by atoms with Crippen molar-refractivity contribution in [3.8, 4) is 5.75 Å². The van der Waals surface area contributed by atoms with Gasteiger partial charge in [-0.1, -0.05) is 0 Å². The van der Waals surface area contributed by atoms with Crippen LogP contribution in [0.1, 0.15) is 31.1 Å². The number of rotatable bonds is 5. The summed E-state index contributed by atoms with van der Waals surface area (Å²) in [7, 11) is -11.7. The Labute approximate surface area is 131 Å². The summed E-state index contributed by atoms with van der Waals surface area (Å²) < 4.78 is 63.0. The molecule has 24 heavy (non-hydrogen) atoms. The first-order valence-electron chi connectivity index (χ1n) is 5.20. The molecule has 0 amide bonds. The molecule has 0 atom stereocenters. The van der Waals surface area contributed by atoms with Crippen molar-refractivity contribution < 1.29 is 60.8 Å². The Kier molecular flexibility index (Phi) is 4.59. The largest absolute Gasteiger partial charge is 0.506 e. The van der Waals surface area contributed by atoms with E-state index in [1.165, 1.54) is 0 Å². The van der Waals surface area contributed by atoms with E-state index in [0.29, 0.717) is 0 Å². The number of carbonyl (C=O) groups is 3. The fourth-order valence-electron chi connectivity index (χ4n) is 1.80. The first-order valence-corrected chi connectivity index (χ1v) is 8.08. The Morgan fingerprint density at radius 1 is 0.625 bits per heavy atom. The molecule has 6 N–H and O–H groups in total. The third-order valence-electron chi connectivity index (χ3n) is 2.54. The summed E-state index contributed by atoms with van der Waals surface area (Å²) in [6.07, 6.45) is 0. The maximum Gasteiger partial charge on any atom is 0.340 e. The van der Waals surface area contributed by atoms with Crippen LogP contribution in [0.25, 0.3) is 0 Å². The lowest BCUT2D eigenvalue weighted by Gasteiger charge is -2.15. The van der Waals surface area contributed by atoms with Crippen molar-refractivity contribution in [2.75, 3.05) is 0 Å². The van der Waals surface area contributed by atoms with Crippen LogP contribution in [-0.4, -0.2) is 64.3 Å². The van der Waals surface area contributed by atoms with Crippen LogP contribution < -0.4 is 0 Å². The molecule has 0 radical (unpaired) electrons. The van der Waals surface area contributed by atoms with Gasteiger partial charge < -0.3 is 20.4 Å². The van der Waals surface area contributed by atoms with E-state index in [0.717, 1.165) is 0 Å². The second-order valence-corrected chi connectivity index (χ2v) is 6.71. The molecular weight excluding hydrogens is 380 g/mol. The number of benzene rings is 1. The Hall–Kier alpha value is -2.75. The predicted molar refractivity (Wildman–Crippen MR) is 68.6 cm³/mol. The second-order valence-electron chi connectivity index (χ2n) is 4.00. The molecule has 0 unspecified atom stereocenters. The highest BCUT2D eigenvalue weighted by molar-refractivity contribution is 7.89. The van der Waals surface area contributed by atoms with Gasteiger partial charge in [-0.3, -0.25) is 9.11 Å². The quantitative estimate of drug-likeness (QED) is 0.332. The lowest BCUT2D eigenvalue weighted by Crippen LogP contribution is -2.23. The fraction of sp³-hybridized carbons (Fsp3) is 0. The number of aromatic carboxylic acids is 3. The van der Waals surface area contributed by atoms with Crippen molar-refractivity contribution in [2.24, 2.45) is 0 Å². The van der Waals surface area contributed by atoms with Gasteiger partial charge >= 0.3 is 17.9 Å². The van der Waals surface area contributed by atoms with Gasteiger partial charge in [-0.2, -0.15) is 16.8 Å². The Morgan fingerprint density at radius 2 is 0.958 bits per heavy atom. The Bertz CT molecular complexity index is 983. The molecule has 0 aliphatic heterocycles. The zero-order valence-corrected chi connectivity index (χ0v) is 12.5. The molecule has 0 aromatic heterocycles. The summed E-state index contributed by atoms with van der Waals surface area (Å²) in [5.74, 6) is -9.27. The standard InChI is InChI=1S/C9H6O13S2/c10-4-2(8(13)14)1(7(11)12)3(9(15)16)5(23(17,18)19)6(4)24(20,21)22/h10H,(H,11,12)(H,13,14)(H,15,16)(H,17,18,19)(H,20,21,22). The zero-order valence-electron chi connectivity index (χ0n) is 10.9. The minimum Gasteiger partial charge on any atom is -0.506 e. The molecule has 0 heterocycles. The molecule has 0 aliphatic carbocycles. The van der Waals surface area contributed by atoms with E-state index in [4.69, 9.17) is 24.4 Å². The number of carboxylic acid groups (broad SMARTS) is 3. The summed E-state index contributed by atoms with van der Waals surface area (Å²) >= 11 is 0. The Balaban J connectivity index is 4.60. The molecule has 0 fully saturated rings. The van der Waals surface area contributed by atoms with Gasteiger partial charge in [0.15, 0.2) is 10.6 Å². The van der Waals surface area contributed by atoms with Crippen LogP contribution in [0, 0.1) is 0 Å². The summed E-state index contributed by atoms with van der Waals surface area (Å²) in [5.41, 5.74) is -5.62. The minimum absolute atomic E-state index is 1.82. The van der Waals surface area contributed by atoms with Gasteiger partial charge in [0.25, 0.3) is 20.2 Å². The van der Waals surface area contributed by atoms with Crippen LogP contribution in [-0.2, 0) is 20.2 Å². The molecule has 0 aliphatic rings. The highest BCUT2D eigenvalue weighted by Crippen LogP contribution is 2.39. The van der Waals surface area contributed by atoms with Gasteiger partial charge in [-0.05, 0) is 0 Å². The van der Waals surface area contributed by atoms with Crippen molar-refractivity contribution in [3.05, 3.63) is 16.7 Å². The molecule has 0 saturated carbocycles. The number of hydrogen-bond donors (Lipinski definition) is 6. The average molecular weight is 386 g/mol. The second kappa shape index (κ2) is 5.71. The lowest BCUT2D eigenvalue weighted by atomic mass is 9.99. The number of phenols is 1. The van der Waals surface area contributed by atoms with E-state index in [9.17, 15) is 36.3 Å². The van der Waals surface area contributed by atoms with Crippen LogP contribution in [0.2, 0.25) is 0 Å². The van der Waals surface area contributed by atoms with Crippen LogP contribution in [0.5, 0.6) is 5.75 Å². The third-order valence-corrected chi connectivity index (χ3v) is 4.51. The average Bonchev–Trinajstić information content (AvgIpc) is 2.32. The highest BCUT2D eigenvalue weighted by Gasteiger charge is 2.42. The van der Waals surface area contributed by atoms with Crippen molar-refractivity contribution in [1.29, 1.82) is 0 Å². The lowest BCUT2D eigenvalue weighted by molar-refractivity contribution is 0.0627. The van der Waals surface area contributed by atoms with Gasteiger partial charge in [0, 0.05) is 0 Å². The van der Waals surface area contributed by atoms with E-state index in [1.807, 2.05) is 0 Å². The van der Waals surface area contributed by atoms with Gasteiger partial charge in [0.2, 0.25) is 0 Å². The van der Waals surface area contributed by atoms with Gasteiger partial charge in [0.1, 0.15) is 10.5 Å². The van der Waals surface area contributed by atoms with E-state index >= 15 is 0 Å². The van der Waals surface area contributed by atoms with Crippen LogP contribution in [0.3, 0.4) is 0 Å². The summed E-state index contributed by atoms with van der Waals surface area (Å²) in [4.78, 5) is 29.0. The number of carboxylic acids is 3. The van der Waals surface area contributed by atoms with Crippen molar-refractivity contribution >= 4 is 38.1 Å². The summed E-state index contributed by atoms with van der Waals surface area (Å²) in [6, 6.07) is 0. The van der Waals surface area contributed by atoms with Gasteiger partial charge in [-0.25, -0.2) is 14.4 Å². The highest BCUT2D eigenvalue weighted by atomic mass is 32.2. The molecule has 1 aromatic rings. The van der Waals surface area contributed by atoms with Crippen LogP contribution in [0.4, 0.5) is 0 Å². The van der Waals surface area contributed by atoms with E-state index in [2.05, 4.69) is 0 Å². The van der Waals surface area contributed by atoms with Gasteiger partial charge in [0.05, 0.1) is 11.1 Å². The molecule has 13 nitrogen and oxygen atoms in total. The first-order chi connectivity index (χ1) is 10.6. The van der Waals surface area contributed by atoms with Gasteiger partial charge in [-0.15, -0.1) is 0 Å². The monoisotopic (exact) mass is 386 g/mol. The van der Waals surface area contributed by atoms with Crippen molar-refractivity contribution in [3.63, 3.8) is 0 Å². The Morgan fingerprint density at radius 3 is 1.21 bits per heavy atom. The molecule has 15 heteroatoms. The third kappa shape index (κ3) is 3.13. The van der Waals surface area contributed by atoms with Crippen molar-refractivity contribution in [2.45, 2.75) is 9.79 Å². The molecular formula is C9H6O13S2. The van der Waals surface area contributed by atoms with E-state index in [-0.39, 0.29) is 0 Å². The molecule has 1 rings (SSSR count). The van der Waals surface area contributed by atoms with E-state index < -0.39 is 70.4 Å². The fourth-order valence-corrected chi connectivity index (χ4v) is 3.90. The summed E-state index contributed by atoms with van der Waals surface area (Å²) in [5, 5.41) is 36.4. The molecule has 0 bridgehead atoms. The minimum atomic E-state index is -5.85. The molecule has 1 aromatic carbocycles. The number of aromatic hydroxyl groups is 1. The molecule has 0 saturated heterocycles. The summed E-state index contributed by atoms with van der Waals surface area (Å²) in [6.45, 7) is 0. The normalized spacial score (nSPS) is 11.9. The van der Waals surface area contributed by atoms with E-state index in [1.54, 1.807) is 0 Å². The topological polar surface area (TPSA) is 241 Å². The maximum absolute atomic E-state index is 11.3. The molecule has 0 spiro atoms. The zero-order chi connectivity index (χ0) is 19.2. The van der Waals surface area contributed by atoms with Crippen molar-refractivity contribution in [1.82, 2.24) is 0 Å². The predicted octanol–water partition coefficient (Wildman–Crippen LogP) is -1.02.